The van der Waals surface area contributed by atoms with Crippen LogP contribution < -0.4 is 15.9 Å². The van der Waals surface area contributed by atoms with Gasteiger partial charge >= 0.3 is 5.69 Å². The Morgan fingerprint density at radius 1 is 1.08 bits per heavy atom. The molecule has 0 saturated heterocycles. The van der Waals surface area contributed by atoms with Crippen molar-refractivity contribution in [1.29, 1.82) is 0 Å². The Morgan fingerprint density at radius 2 is 1.79 bits per heavy atom. The fourth-order valence-corrected chi connectivity index (χ4v) is 5.38. The van der Waals surface area contributed by atoms with Crippen molar-refractivity contribution in [2.24, 2.45) is 5.92 Å². The Kier molecular flexibility index (Phi) is 7.65. The summed E-state index contributed by atoms with van der Waals surface area (Å²) in [6.45, 7) is 0.546. The number of imidazole rings is 1. The molecule has 5 rings (SSSR count). The molecule has 1 saturated carbocycles. The van der Waals surface area contributed by atoms with Gasteiger partial charge in [-0.25, -0.2) is 18.6 Å². The van der Waals surface area contributed by atoms with Gasteiger partial charge in [-0.15, -0.1) is 0 Å². The van der Waals surface area contributed by atoms with Crippen molar-refractivity contribution in [3.05, 3.63) is 81.6 Å². The molecule has 0 radical (unpaired) electrons. The summed E-state index contributed by atoms with van der Waals surface area (Å²) < 4.78 is 30.2. The molecule has 1 aromatic carbocycles. The summed E-state index contributed by atoms with van der Waals surface area (Å²) in [6, 6.07) is 12.5. The monoisotopic (exact) mass is 554 g/mol. The van der Waals surface area contributed by atoms with E-state index in [9.17, 15) is 18.4 Å². The minimum absolute atomic E-state index is 0.126. The highest BCUT2D eigenvalue weighted by molar-refractivity contribution is 6.30. The molecule has 4 aromatic rings. The third-order valence-electron chi connectivity index (χ3n) is 7.24. The first kappa shape index (κ1) is 26.8. The molecule has 204 valence electrons. The molecule has 1 fully saturated rings. The van der Waals surface area contributed by atoms with Crippen molar-refractivity contribution in [3.63, 3.8) is 0 Å². The lowest BCUT2D eigenvalue weighted by molar-refractivity contribution is 0.0904. The molecule has 0 unspecified atom stereocenters. The lowest BCUT2D eigenvalue weighted by atomic mass is 9.85. The summed E-state index contributed by atoms with van der Waals surface area (Å²) in [5.41, 5.74) is 1.46. The number of carbonyl (C=O) groups excluding carboxylic acids is 1. The highest BCUT2D eigenvalue weighted by atomic mass is 35.5. The van der Waals surface area contributed by atoms with Gasteiger partial charge in [-0.3, -0.25) is 18.9 Å². The Bertz CT molecular complexity index is 1540. The summed E-state index contributed by atoms with van der Waals surface area (Å²) >= 11 is 5.90. The van der Waals surface area contributed by atoms with Crippen molar-refractivity contribution >= 4 is 34.4 Å². The van der Waals surface area contributed by atoms with E-state index in [1.807, 2.05) is 60.0 Å². The van der Waals surface area contributed by atoms with E-state index in [1.54, 1.807) is 10.8 Å². The van der Waals surface area contributed by atoms with Crippen molar-refractivity contribution in [2.45, 2.75) is 44.7 Å². The highest BCUT2D eigenvalue weighted by Crippen LogP contribution is 2.29. The quantitative estimate of drug-likeness (QED) is 0.338. The first-order valence-electron chi connectivity index (χ1n) is 12.8. The lowest BCUT2D eigenvalue weighted by Crippen LogP contribution is -2.39. The van der Waals surface area contributed by atoms with Crippen LogP contribution in [-0.2, 0) is 6.54 Å². The van der Waals surface area contributed by atoms with Crippen LogP contribution >= 0.6 is 11.6 Å². The molecule has 39 heavy (non-hydrogen) atoms. The molecule has 11 heteroatoms. The number of anilines is 1. The van der Waals surface area contributed by atoms with Gasteiger partial charge in [-0.05, 0) is 61.9 Å². The molecule has 1 N–H and O–H groups in total. The maximum atomic E-state index is 13.6. The van der Waals surface area contributed by atoms with Gasteiger partial charge in [0.1, 0.15) is 11.5 Å². The van der Waals surface area contributed by atoms with E-state index in [0.717, 1.165) is 35.9 Å². The van der Waals surface area contributed by atoms with E-state index in [2.05, 4.69) is 15.3 Å². The van der Waals surface area contributed by atoms with Gasteiger partial charge in [-0.2, -0.15) is 0 Å². The number of carbonyl (C=O) groups is 1. The van der Waals surface area contributed by atoms with Crippen molar-refractivity contribution in [2.75, 3.05) is 19.0 Å². The van der Waals surface area contributed by atoms with Crippen LogP contribution in [0.2, 0.25) is 5.02 Å². The molecule has 1 aliphatic rings. The Labute approximate surface area is 229 Å². The van der Waals surface area contributed by atoms with Crippen LogP contribution in [0.3, 0.4) is 0 Å². The molecule has 0 bridgehead atoms. The molecule has 0 atom stereocenters. The third kappa shape index (κ3) is 5.52. The zero-order chi connectivity index (χ0) is 27.7. The predicted molar refractivity (Wildman–Crippen MR) is 147 cm³/mol. The van der Waals surface area contributed by atoms with Crippen LogP contribution in [0.1, 0.15) is 48.2 Å². The number of para-hydroxylation sites is 2. The number of rotatable bonds is 7. The second-order valence-corrected chi connectivity index (χ2v) is 10.5. The lowest BCUT2D eigenvalue weighted by Gasteiger charge is -2.29. The van der Waals surface area contributed by atoms with Gasteiger partial charge in [-0.1, -0.05) is 23.7 Å². The molecular weight excluding hydrogens is 526 g/mol. The molecule has 1 aliphatic carbocycles. The number of alkyl halides is 2. The Balaban J connectivity index is 1.30. The summed E-state index contributed by atoms with van der Waals surface area (Å²) in [6.07, 6.45) is 2.86. The van der Waals surface area contributed by atoms with Crippen LogP contribution in [0.4, 0.5) is 14.6 Å². The number of hydrogen-bond acceptors (Lipinski definition) is 5. The van der Waals surface area contributed by atoms with Gasteiger partial charge in [0.25, 0.3) is 12.3 Å². The van der Waals surface area contributed by atoms with Crippen molar-refractivity contribution in [1.82, 2.24) is 24.4 Å². The second kappa shape index (κ2) is 11.1. The second-order valence-electron chi connectivity index (χ2n) is 10.1. The number of benzene rings is 1. The van der Waals surface area contributed by atoms with Crippen LogP contribution in [0.25, 0.3) is 16.7 Å². The van der Waals surface area contributed by atoms with E-state index < -0.39 is 18.0 Å². The Hall–Kier alpha value is -3.79. The van der Waals surface area contributed by atoms with Crippen LogP contribution in [-0.4, -0.2) is 45.1 Å². The number of amides is 1. The number of fused-ring (bicyclic) bond motifs is 1. The zero-order valence-electron chi connectivity index (χ0n) is 21.7. The molecule has 3 heterocycles. The minimum Gasteiger partial charge on any atom is -0.363 e. The highest BCUT2D eigenvalue weighted by Gasteiger charge is 2.27. The van der Waals surface area contributed by atoms with Crippen LogP contribution in [0.5, 0.6) is 0 Å². The number of nitrogens with one attached hydrogen (secondary N) is 1. The van der Waals surface area contributed by atoms with E-state index in [-0.39, 0.29) is 28.2 Å². The minimum atomic E-state index is -2.87. The molecule has 8 nitrogen and oxygen atoms in total. The van der Waals surface area contributed by atoms with Gasteiger partial charge < -0.3 is 10.2 Å². The molecule has 3 aromatic heterocycles. The molecule has 0 spiro atoms. The Morgan fingerprint density at radius 3 is 2.44 bits per heavy atom. The number of aromatic nitrogens is 4. The van der Waals surface area contributed by atoms with Crippen molar-refractivity contribution in [3.8, 4) is 5.69 Å². The SMILES string of the molecule is CN(C)c1ccc(-n2c(=O)n(CC3CCC(NC(=O)c4cc(Cl)cnc4C(F)F)CC3)c3ccccc32)cn1. The summed E-state index contributed by atoms with van der Waals surface area (Å²) in [5, 5.41) is 2.99. The average Bonchev–Trinajstić information content (AvgIpc) is 3.20. The summed E-state index contributed by atoms with van der Waals surface area (Å²) in [5.74, 6) is 0.433. The average molecular weight is 555 g/mol. The summed E-state index contributed by atoms with van der Waals surface area (Å²) in [7, 11) is 3.82. The molecular formula is C28H29ClF2N6O2. The topological polar surface area (TPSA) is 85.0 Å². The fourth-order valence-electron chi connectivity index (χ4n) is 5.23. The fraction of sp³-hybridized carbons (Fsp3) is 0.357. The van der Waals surface area contributed by atoms with Crippen molar-refractivity contribution < 1.29 is 13.6 Å². The normalized spacial score (nSPS) is 17.5. The van der Waals surface area contributed by atoms with E-state index >= 15 is 0 Å². The zero-order valence-corrected chi connectivity index (χ0v) is 22.4. The van der Waals surface area contributed by atoms with E-state index in [1.165, 1.54) is 6.07 Å². The first-order chi connectivity index (χ1) is 18.7. The maximum Gasteiger partial charge on any atom is 0.333 e. The predicted octanol–water partition coefficient (Wildman–Crippen LogP) is 5.23. The van der Waals surface area contributed by atoms with Gasteiger partial charge in [0.2, 0.25) is 0 Å². The number of pyridine rings is 2. The third-order valence-corrected chi connectivity index (χ3v) is 7.45. The van der Waals surface area contributed by atoms with Crippen LogP contribution in [0, 0.1) is 5.92 Å². The number of nitrogens with zero attached hydrogens (tertiary/aromatic N) is 5. The summed E-state index contributed by atoms with van der Waals surface area (Å²) in [4.78, 5) is 36.4. The molecule has 1 amide bonds. The molecule has 0 aliphatic heterocycles. The largest absolute Gasteiger partial charge is 0.363 e. The smallest absolute Gasteiger partial charge is 0.333 e. The van der Waals surface area contributed by atoms with Gasteiger partial charge in [0.05, 0.1) is 33.5 Å². The van der Waals surface area contributed by atoms with Gasteiger partial charge in [0, 0.05) is 32.9 Å². The number of halogens is 3. The van der Waals surface area contributed by atoms with E-state index in [4.69, 9.17) is 11.6 Å². The first-order valence-corrected chi connectivity index (χ1v) is 13.2. The maximum absolute atomic E-state index is 13.6. The number of hydrogen-bond donors (Lipinski definition) is 1. The standard InChI is InChI=1S/C28H29ClF2N6O2/c1-35(2)24-12-11-20(15-32-24)37-23-6-4-3-5-22(23)36(28(37)39)16-17-7-9-19(10-8-17)34-27(38)21-13-18(29)14-33-25(21)26(30)31/h3-6,11-15,17,19,26H,7-10,16H2,1-2H3,(H,34,38). The van der Waals surface area contributed by atoms with Gasteiger partial charge in [0.15, 0.2) is 0 Å². The van der Waals surface area contributed by atoms with E-state index in [0.29, 0.717) is 25.1 Å². The van der Waals surface area contributed by atoms with Crippen LogP contribution in [0.15, 0.2) is 59.7 Å².